The Labute approximate surface area is 187 Å². The molecule has 4 nitrogen and oxygen atoms in total. The smallest absolute Gasteiger partial charge is 0.119 e. The highest BCUT2D eigenvalue weighted by Crippen LogP contribution is 2.33. The van der Waals surface area contributed by atoms with Crippen LogP contribution in [0.1, 0.15) is 80.7 Å². The first-order chi connectivity index (χ1) is 15.1. The highest BCUT2D eigenvalue weighted by Gasteiger charge is 2.29. The second-order valence-corrected chi connectivity index (χ2v) is 8.59. The van der Waals surface area contributed by atoms with Gasteiger partial charge in [0, 0.05) is 12.8 Å². The van der Waals surface area contributed by atoms with Gasteiger partial charge in [0.25, 0.3) is 0 Å². The summed E-state index contributed by atoms with van der Waals surface area (Å²) in [5.41, 5.74) is 4.83. The van der Waals surface area contributed by atoms with Crippen molar-refractivity contribution in [3.63, 3.8) is 0 Å². The standard InChI is InChI=1S/C25H32O4.C2H6/c1-17-6-9-19(25-15-21(27)14-24(16-26)29-25)13-20(17)12-18-7-10-23(11-8-18)28-22-4-2-3-5-22;1-2/h6-11,13,21-22,24-27H,2-5,12,14-16H2,1H3;1-2H3/t21-,24-,25+;/m0./s1. The molecule has 0 radical (unpaired) electrons. The fourth-order valence-corrected chi connectivity index (χ4v) is 4.51. The van der Waals surface area contributed by atoms with Crippen LogP contribution in [0.4, 0.5) is 0 Å². The molecule has 1 aliphatic carbocycles. The molecule has 2 N–H and O–H groups in total. The topological polar surface area (TPSA) is 58.9 Å². The summed E-state index contributed by atoms with van der Waals surface area (Å²) in [6, 6.07) is 14.9. The summed E-state index contributed by atoms with van der Waals surface area (Å²) in [7, 11) is 0. The first kappa shape index (κ1) is 23.8. The van der Waals surface area contributed by atoms with Gasteiger partial charge >= 0.3 is 0 Å². The van der Waals surface area contributed by atoms with Crippen LogP contribution in [0, 0.1) is 6.92 Å². The number of hydrogen-bond acceptors (Lipinski definition) is 4. The molecule has 1 heterocycles. The van der Waals surface area contributed by atoms with E-state index in [4.69, 9.17) is 9.47 Å². The predicted molar refractivity (Wildman–Crippen MR) is 125 cm³/mol. The minimum absolute atomic E-state index is 0.0540. The molecular formula is C27H38O4. The Kier molecular flexibility index (Phi) is 8.94. The second kappa shape index (κ2) is 11.7. The van der Waals surface area contributed by atoms with Gasteiger partial charge in [0.2, 0.25) is 0 Å². The lowest BCUT2D eigenvalue weighted by molar-refractivity contribution is -0.113. The van der Waals surface area contributed by atoms with E-state index < -0.39 is 6.10 Å². The van der Waals surface area contributed by atoms with E-state index in [1.165, 1.54) is 42.4 Å². The predicted octanol–water partition coefficient (Wildman–Crippen LogP) is 5.51. The number of aryl methyl sites for hydroxylation is 1. The normalized spacial score (nSPS) is 23.8. The van der Waals surface area contributed by atoms with E-state index in [0.717, 1.165) is 17.7 Å². The molecule has 31 heavy (non-hydrogen) atoms. The summed E-state index contributed by atoms with van der Waals surface area (Å²) in [5, 5.41) is 19.6. The van der Waals surface area contributed by atoms with Crippen molar-refractivity contribution in [3.05, 3.63) is 64.7 Å². The van der Waals surface area contributed by atoms with Crippen molar-refractivity contribution < 1.29 is 19.7 Å². The van der Waals surface area contributed by atoms with Crippen molar-refractivity contribution >= 4 is 0 Å². The fourth-order valence-electron chi connectivity index (χ4n) is 4.51. The highest BCUT2D eigenvalue weighted by atomic mass is 16.5. The van der Waals surface area contributed by atoms with E-state index in [2.05, 4.69) is 49.4 Å². The molecule has 0 aromatic heterocycles. The molecule has 0 amide bonds. The van der Waals surface area contributed by atoms with Crippen LogP contribution in [0.25, 0.3) is 0 Å². The second-order valence-electron chi connectivity index (χ2n) is 8.59. The number of aliphatic hydroxyl groups is 2. The van der Waals surface area contributed by atoms with Crippen molar-refractivity contribution in [1.29, 1.82) is 0 Å². The molecule has 0 bridgehead atoms. The minimum atomic E-state index is -0.428. The number of rotatable bonds is 6. The number of benzene rings is 2. The van der Waals surface area contributed by atoms with Gasteiger partial charge in [0.05, 0.1) is 31.0 Å². The Morgan fingerprint density at radius 1 is 1.00 bits per heavy atom. The molecule has 4 rings (SSSR count). The summed E-state index contributed by atoms with van der Waals surface area (Å²) in [6.45, 7) is 6.07. The average molecular weight is 427 g/mol. The molecule has 1 aliphatic heterocycles. The van der Waals surface area contributed by atoms with Crippen molar-refractivity contribution in [2.75, 3.05) is 6.61 Å². The maximum absolute atomic E-state index is 10.1. The maximum atomic E-state index is 10.1. The van der Waals surface area contributed by atoms with Crippen molar-refractivity contribution in [2.45, 2.75) is 90.1 Å². The van der Waals surface area contributed by atoms with Crippen molar-refractivity contribution in [2.24, 2.45) is 0 Å². The van der Waals surface area contributed by atoms with Gasteiger partial charge in [0.1, 0.15) is 5.75 Å². The molecule has 4 heteroatoms. The van der Waals surface area contributed by atoms with E-state index in [1.807, 2.05) is 13.8 Å². The van der Waals surface area contributed by atoms with Crippen LogP contribution in [0.15, 0.2) is 42.5 Å². The highest BCUT2D eigenvalue weighted by molar-refractivity contribution is 5.38. The van der Waals surface area contributed by atoms with Gasteiger partial charge < -0.3 is 19.7 Å². The Balaban J connectivity index is 0.00000132. The zero-order valence-electron chi connectivity index (χ0n) is 19.2. The van der Waals surface area contributed by atoms with Crippen LogP contribution in [-0.4, -0.2) is 35.1 Å². The molecule has 1 saturated heterocycles. The SMILES string of the molecule is CC.Cc1ccc([C@H]2C[C@@H](O)C[C@@H](CO)O2)cc1Cc1ccc(OC2CCCC2)cc1. The lowest BCUT2D eigenvalue weighted by Gasteiger charge is -2.32. The number of hydrogen-bond donors (Lipinski definition) is 2. The van der Waals surface area contributed by atoms with Gasteiger partial charge in [-0.3, -0.25) is 0 Å². The van der Waals surface area contributed by atoms with E-state index in [-0.39, 0.29) is 18.8 Å². The van der Waals surface area contributed by atoms with Crippen LogP contribution < -0.4 is 4.74 Å². The van der Waals surface area contributed by atoms with Crippen LogP contribution in [0.5, 0.6) is 5.75 Å². The monoisotopic (exact) mass is 426 g/mol. The van der Waals surface area contributed by atoms with E-state index >= 15 is 0 Å². The first-order valence-electron chi connectivity index (χ1n) is 11.9. The van der Waals surface area contributed by atoms with Gasteiger partial charge in [-0.05, 0) is 73.4 Å². The Morgan fingerprint density at radius 3 is 2.39 bits per heavy atom. The molecule has 2 aliphatic rings. The Bertz CT molecular complexity index is 795. The summed E-state index contributed by atoms with van der Waals surface area (Å²) < 4.78 is 12.1. The largest absolute Gasteiger partial charge is 0.490 e. The van der Waals surface area contributed by atoms with Gasteiger partial charge in [-0.1, -0.05) is 44.2 Å². The van der Waals surface area contributed by atoms with Gasteiger partial charge in [-0.25, -0.2) is 0 Å². The Hall–Kier alpha value is -1.88. The van der Waals surface area contributed by atoms with Gasteiger partial charge in [-0.15, -0.1) is 0 Å². The zero-order chi connectivity index (χ0) is 22.2. The molecule has 2 fully saturated rings. The molecule has 170 valence electrons. The minimum Gasteiger partial charge on any atom is -0.490 e. The third kappa shape index (κ3) is 6.55. The molecule has 0 unspecified atom stereocenters. The Morgan fingerprint density at radius 2 is 1.71 bits per heavy atom. The van der Waals surface area contributed by atoms with Crippen LogP contribution in [0.2, 0.25) is 0 Å². The van der Waals surface area contributed by atoms with E-state index in [9.17, 15) is 10.2 Å². The fraction of sp³-hybridized carbons (Fsp3) is 0.556. The van der Waals surface area contributed by atoms with Gasteiger partial charge in [-0.2, -0.15) is 0 Å². The van der Waals surface area contributed by atoms with Gasteiger partial charge in [0.15, 0.2) is 0 Å². The summed E-state index contributed by atoms with van der Waals surface area (Å²) in [4.78, 5) is 0. The average Bonchev–Trinajstić information content (AvgIpc) is 3.30. The van der Waals surface area contributed by atoms with E-state index in [0.29, 0.717) is 18.9 Å². The molecular weight excluding hydrogens is 388 g/mol. The van der Waals surface area contributed by atoms with Crippen LogP contribution in [0.3, 0.4) is 0 Å². The maximum Gasteiger partial charge on any atom is 0.119 e. The van der Waals surface area contributed by atoms with E-state index in [1.54, 1.807) is 0 Å². The van der Waals surface area contributed by atoms with Crippen molar-refractivity contribution in [1.82, 2.24) is 0 Å². The van der Waals surface area contributed by atoms with Crippen LogP contribution in [-0.2, 0) is 11.2 Å². The first-order valence-corrected chi connectivity index (χ1v) is 11.9. The third-order valence-electron chi connectivity index (χ3n) is 6.25. The number of ether oxygens (including phenoxy) is 2. The zero-order valence-corrected chi connectivity index (χ0v) is 19.2. The van der Waals surface area contributed by atoms with Crippen LogP contribution >= 0.6 is 0 Å². The lowest BCUT2D eigenvalue weighted by Crippen LogP contribution is -2.33. The summed E-state index contributed by atoms with van der Waals surface area (Å²) in [5.74, 6) is 0.964. The number of aliphatic hydroxyl groups excluding tert-OH is 2. The molecule has 2 aromatic rings. The molecule has 0 spiro atoms. The molecule has 2 aromatic carbocycles. The summed E-state index contributed by atoms with van der Waals surface area (Å²) in [6.07, 6.45) is 6.31. The molecule has 1 saturated carbocycles. The quantitative estimate of drug-likeness (QED) is 0.640. The van der Waals surface area contributed by atoms with Crippen molar-refractivity contribution in [3.8, 4) is 5.75 Å². The third-order valence-corrected chi connectivity index (χ3v) is 6.25. The molecule has 3 atom stereocenters. The summed E-state index contributed by atoms with van der Waals surface area (Å²) >= 11 is 0. The lowest BCUT2D eigenvalue weighted by atomic mass is 9.92.